The van der Waals surface area contributed by atoms with E-state index >= 15 is 0 Å². The maximum absolute atomic E-state index is 14.3. The lowest BCUT2D eigenvalue weighted by atomic mass is 9.84. The number of amides is 2. The summed E-state index contributed by atoms with van der Waals surface area (Å²) in [7, 11) is 1.62. The molecule has 1 N–H and O–H groups in total. The number of carbonyl (C=O) groups is 2. The van der Waals surface area contributed by atoms with Crippen LogP contribution < -0.4 is 5.32 Å². The summed E-state index contributed by atoms with van der Waals surface area (Å²) in [6.07, 6.45) is 0.662. The van der Waals surface area contributed by atoms with Gasteiger partial charge in [-0.1, -0.05) is 18.2 Å². The summed E-state index contributed by atoms with van der Waals surface area (Å²) in [5.41, 5.74) is 1.19. The summed E-state index contributed by atoms with van der Waals surface area (Å²) < 4.78 is 14.3. The molecule has 24 heavy (non-hydrogen) atoms. The number of benzene rings is 1. The summed E-state index contributed by atoms with van der Waals surface area (Å²) in [6, 6.07) is 5.67. The number of thiazole rings is 1. The molecule has 1 fully saturated rings. The van der Waals surface area contributed by atoms with Crippen LogP contribution in [0.25, 0.3) is 0 Å². The summed E-state index contributed by atoms with van der Waals surface area (Å²) in [4.78, 5) is 30.5. The van der Waals surface area contributed by atoms with Gasteiger partial charge in [-0.2, -0.15) is 0 Å². The number of likely N-dealkylation sites (tertiary alicyclic amines) is 1. The second-order valence-corrected chi connectivity index (χ2v) is 6.76. The first kappa shape index (κ1) is 16.6. The molecule has 7 heteroatoms. The van der Waals surface area contributed by atoms with Crippen LogP contribution in [0.3, 0.4) is 0 Å². The third-order valence-electron chi connectivity index (χ3n) is 4.27. The van der Waals surface area contributed by atoms with E-state index in [-0.39, 0.29) is 18.2 Å². The van der Waals surface area contributed by atoms with Gasteiger partial charge < -0.3 is 10.2 Å². The van der Waals surface area contributed by atoms with Crippen LogP contribution in [0.2, 0.25) is 0 Å². The Morgan fingerprint density at radius 2 is 2.17 bits per heavy atom. The molecule has 1 aromatic carbocycles. The molecule has 0 saturated carbocycles. The molecule has 0 bridgehead atoms. The first-order valence-corrected chi connectivity index (χ1v) is 8.58. The SMILES string of the molecule is Cc1csc(NC(=O)[C@H]2CCC(=O)N(C)[C@H]2c2ccccc2F)n1. The summed E-state index contributed by atoms with van der Waals surface area (Å²) in [6.45, 7) is 1.85. The molecule has 0 spiro atoms. The van der Waals surface area contributed by atoms with E-state index in [0.717, 1.165) is 5.69 Å². The van der Waals surface area contributed by atoms with E-state index < -0.39 is 17.8 Å². The lowest BCUT2D eigenvalue weighted by molar-refractivity contribution is -0.140. The molecule has 5 nitrogen and oxygen atoms in total. The quantitative estimate of drug-likeness (QED) is 0.928. The van der Waals surface area contributed by atoms with Gasteiger partial charge in [0.2, 0.25) is 11.8 Å². The van der Waals surface area contributed by atoms with Gasteiger partial charge >= 0.3 is 0 Å². The number of halogens is 1. The first-order valence-electron chi connectivity index (χ1n) is 7.70. The average Bonchev–Trinajstić information content (AvgIpc) is 2.95. The number of aryl methyl sites for hydroxylation is 1. The van der Waals surface area contributed by atoms with Gasteiger partial charge in [-0.15, -0.1) is 11.3 Å². The lowest BCUT2D eigenvalue weighted by Gasteiger charge is -2.38. The molecule has 2 atom stereocenters. The van der Waals surface area contributed by atoms with Crippen molar-refractivity contribution in [2.45, 2.75) is 25.8 Å². The molecule has 0 unspecified atom stereocenters. The molecule has 1 aromatic heterocycles. The molecule has 2 heterocycles. The molecule has 2 amide bonds. The minimum atomic E-state index is -0.617. The molecule has 126 valence electrons. The molecule has 2 aromatic rings. The Bertz CT molecular complexity index is 777. The zero-order valence-electron chi connectivity index (χ0n) is 13.5. The summed E-state index contributed by atoms with van der Waals surface area (Å²) >= 11 is 1.35. The number of nitrogens with one attached hydrogen (secondary N) is 1. The smallest absolute Gasteiger partial charge is 0.231 e. The fourth-order valence-corrected chi connectivity index (χ4v) is 3.75. The predicted octanol–water partition coefficient (Wildman–Crippen LogP) is 3.14. The predicted molar refractivity (Wildman–Crippen MR) is 90.1 cm³/mol. The Morgan fingerprint density at radius 1 is 1.42 bits per heavy atom. The first-order chi connectivity index (χ1) is 11.5. The second-order valence-electron chi connectivity index (χ2n) is 5.90. The number of anilines is 1. The van der Waals surface area contributed by atoms with Crippen molar-refractivity contribution in [3.63, 3.8) is 0 Å². The number of carbonyl (C=O) groups excluding carboxylic acids is 2. The largest absolute Gasteiger partial charge is 0.338 e. The molecular weight excluding hydrogens is 329 g/mol. The van der Waals surface area contributed by atoms with E-state index in [1.807, 2.05) is 12.3 Å². The van der Waals surface area contributed by atoms with Crippen LogP contribution in [0.5, 0.6) is 0 Å². The molecule has 0 radical (unpaired) electrons. The van der Waals surface area contributed by atoms with E-state index in [1.54, 1.807) is 25.2 Å². The summed E-state index contributed by atoms with van der Waals surface area (Å²) in [5, 5.41) is 5.16. The second kappa shape index (κ2) is 6.68. The van der Waals surface area contributed by atoms with Gasteiger partial charge in [0.05, 0.1) is 17.7 Å². The van der Waals surface area contributed by atoms with Gasteiger partial charge in [-0.3, -0.25) is 9.59 Å². The molecule has 3 rings (SSSR count). The Labute approximate surface area is 143 Å². The lowest BCUT2D eigenvalue weighted by Crippen LogP contribution is -2.44. The Morgan fingerprint density at radius 3 is 2.83 bits per heavy atom. The standard InChI is InChI=1S/C17H18FN3O2S/c1-10-9-24-17(19-10)20-16(23)12-7-8-14(22)21(2)15(12)11-5-3-4-6-13(11)18/h3-6,9,12,15H,7-8H2,1-2H3,(H,19,20,23)/t12-,15-/m0/s1. The van der Waals surface area contributed by atoms with Crippen LogP contribution in [0.15, 0.2) is 29.6 Å². The molecule has 0 aliphatic carbocycles. The normalized spacial score (nSPS) is 21.0. The number of piperidine rings is 1. The zero-order valence-corrected chi connectivity index (χ0v) is 14.3. The van der Waals surface area contributed by atoms with Crippen molar-refractivity contribution in [1.29, 1.82) is 0 Å². The fourth-order valence-electron chi connectivity index (χ4n) is 3.06. The highest BCUT2D eigenvalue weighted by atomic mass is 32.1. The van der Waals surface area contributed by atoms with Crippen LogP contribution >= 0.6 is 11.3 Å². The molecule has 1 saturated heterocycles. The van der Waals surface area contributed by atoms with Crippen molar-refractivity contribution in [2.24, 2.45) is 5.92 Å². The Kier molecular flexibility index (Phi) is 4.62. The topological polar surface area (TPSA) is 62.3 Å². The van der Waals surface area contributed by atoms with Gasteiger partial charge in [0, 0.05) is 24.4 Å². The molecular formula is C17H18FN3O2S. The highest BCUT2D eigenvalue weighted by molar-refractivity contribution is 7.13. The van der Waals surface area contributed by atoms with Crippen molar-refractivity contribution in [3.05, 3.63) is 46.7 Å². The average molecular weight is 347 g/mol. The number of hydrogen-bond acceptors (Lipinski definition) is 4. The van der Waals surface area contributed by atoms with Crippen LogP contribution in [-0.4, -0.2) is 28.7 Å². The Hall–Kier alpha value is -2.28. The van der Waals surface area contributed by atoms with Crippen LogP contribution in [0.1, 0.15) is 30.1 Å². The monoisotopic (exact) mass is 347 g/mol. The van der Waals surface area contributed by atoms with Crippen molar-refractivity contribution < 1.29 is 14.0 Å². The minimum Gasteiger partial charge on any atom is -0.338 e. The van der Waals surface area contributed by atoms with Crippen molar-refractivity contribution in [3.8, 4) is 0 Å². The summed E-state index contributed by atoms with van der Waals surface area (Å²) in [5.74, 6) is -1.25. The fraction of sp³-hybridized carbons (Fsp3) is 0.353. The maximum atomic E-state index is 14.3. The van der Waals surface area contributed by atoms with Crippen LogP contribution in [0, 0.1) is 18.7 Å². The van der Waals surface area contributed by atoms with Gasteiger partial charge in [0.15, 0.2) is 5.13 Å². The van der Waals surface area contributed by atoms with E-state index in [2.05, 4.69) is 10.3 Å². The number of nitrogens with zero attached hydrogens (tertiary/aromatic N) is 2. The third-order valence-corrected chi connectivity index (χ3v) is 5.15. The van der Waals surface area contributed by atoms with Crippen molar-refractivity contribution in [2.75, 3.05) is 12.4 Å². The highest BCUT2D eigenvalue weighted by Crippen LogP contribution is 2.37. The zero-order chi connectivity index (χ0) is 17.3. The number of aromatic nitrogens is 1. The van der Waals surface area contributed by atoms with E-state index in [1.165, 1.54) is 22.3 Å². The Balaban J connectivity index is 1.90. The van der Waals surface area contributed by atoms with Crippen LogP contribution in [-0.2, 0) is 9.59 Å². The van der Waals surface area contributed by atoms with E-state index in [0.29, 0.717) is 17.1 Å². The van der Waals surface area contributed by atoms with Crippen molar-refractivity contribution in [1.82, 2.24) is 9.88 Å². The van der Waals surface area contributed by atoms with Crippen molar-refractivity contribution >= 4 is 28.3 Å². The van der Waals surface area contributed by atoms with Gasteiger partial charge in [-0.05, 0) is 19.4 Å². The van der Waals surface area contributed by atoms with E-state index in [4.69, 9.17) is 0 Å². The van der Waals surface area contributed by atoms with Crippen LogP contribution in [0.4, 0.5) is 9.52 Å². The maximum Gasteiger partial charge on any atom is 0.231 e. The minimum absolute atomic E-state index is 0.0857. The number of rotatable bonds is 3. The van der Waals surface area contributed by atoms with Gasteiger partial charge in [-0.25, -0.2) is 9.37 Å². The number of hydrogen-bond donors (Lipinski definition) is 1. The molecule has 1 aliphatic rings. The van der Waals surface area contributed by atoms with E-state index in [9.17, 15) is 14.0 Å². The molecule has 1 aliphatic heterocycles. The third kappa shape index (κ3) is 3.17. The van der Waals surface area contributed by atoms with Gasteiger partial charge in [0.1, 0.15) is 5.82 Å². The highest BCUT2D eigenvalue weighted by Gasteiger charge is 2.40. The van der Waals surface area contributed by atoms with Gasteiger partial charge in [0.25, 0.3) is 0 Å².